The topological polar surface area (TPSA) is 69.9 Å². The molecule has 0 aliphatic carbocycles. The molecule has 0 bridgehead atoms. The lowest BCUT2D eigenvalue weighted by Gasteiger charge is -2.08. The molecule has 5 heteroatoms. The maximum Gasteiger partial charge on any atom is 0.323 e. The third-order valence-electron chi connectivity index (χ3n) is 3.15. The Morgan fingerprint density at radius 2 is 1.95 bits per heavy atom. The summed E-state index contributed by atoms with van der Waals surface area (Å²) < 4.78 is 5.20. The third kappa shape index (κ3) is 2.51. The van der Waals surface area contributed by atoms with Crippen LogP contribution in [0.1, 0.15) is 5.56 Å². The van der Waals surface area contributed by atoms with Gasteiger partial charge in [0, 0.05) is 12.2 Å². The molecule has 5 nitrogen and oxygen atoms in total. The fourth-order valence-electron chi connectivity index (χ4n) is 2.13. The molecule has 0 saturated heterocycles. The molecule has 3 rings (SSSR count). The van der Waals surface area contributed by atoms with Gasteiger partial charge < -0.3 is 20.0 Å². The van der Waals surface area contributed by atoms with Gasteiger partial charge in [-0.1, -0.05) is 12.1 Å². The third-order valence-corrected chi connectivity index (χ3v) is 3.15. The van der Waals surface area contributed by atoms with Crippen molar-refractivity contribution in [2.45, 2.75) is 6.54 Å². The number of hydrogen-bond donors (Lipinski definition) is 3. The first kappa shape index (κ1) is 12.3. The summed E-state index contributed by atoms with van der Waals surface area (Å²) in [4.78, 5) is 16.7. The van der Waals surface area contributed by atoms with E-state index in [1.165, 1.54) is 0 Å². The summed E-state index contributed by atoms with van der Waals surface area (Å²) in [5.41, 5.74) is 3.50. The van der Waals surface area contributed by atoms with E-state index in [1.54, 1.807) is 7.11 Å². The van der Waals surface area contributed by atoms with Crippen LogP contribution in [-0.4, -0.2) is 17.1 Å². The summed E-state index contributed by atoms with van der Waals surface area (Å²) in [5, 5.41) is 3.32. The molecule has 0 unspecified atom stereocenters. The number of hydrogen-bond acceptors (Lipinski definition) is 3. The number of aromatic nitrogens is 2. The minimum absolute atomic E-state index is 0.190. The Kier molecular flexibility index (Phi) is 3.16. The number of rotatable bonds is 4. The van der Waals surface area contributed by atoms with Gasteiger partial charge in [-0.2, -0.15) is 0 Å². The molecule has 102 valence electrons. The molecule has 0 atom stereocenters. The van der Waals surface area contributed by atoms with E-state index < -0.39 is 0 Å². The summed E-state index contributed by atoms with van der Waals surface area (Å²) in [6.07, 6.45) is 0. The van der Waals surface area contributed by atoms with E-state index in [0.29, 0.717) is 6.54 Å². The number of anilines is 1. The monoisotopic (exact) mass is 269 g/mol. The number of benzene rings is 2. The molecular formula is C15H15N3O2. The van der Waals surface area contributed by atoms with Gasteiger partial charge in [0.1, 0.15) is 5.75 Å². The van der Waals surface area contributed by atoms with E-state index in [2.05, 4.69) is 15.3 Å². The summed E-state index contributed by atoms with van der Waals surface area (Å²) >= 11 is 0. The van der Waals surface area contributed by atoms with E-state index in [1.807, 2.05) is 42.5 Å². The molecule has 2 aromatic carbocycles. The zero-order valence-corrected chi connectivity index (χ0v) is 11.1. The first-order valence-corrected chi connectivity index (χ1v) is 6.33. The summed E-state index contributed by atoms with van der Waals surface area (Å²) in [6, 6.07) is 13.6. The Hall–Kier alpha value is -2.69. The number of nitrogens with one attached hydrogen (secondary N) is 3. The summed E-state index contributed by atoms with van der Waals surface area (Å²) in [5.74, 6) is 0.842. The van der Waals surface area contributed by atoms with Crippen molar-refractivity contribution < 1.29 is 4.74 Å². The number of aromatic amines is 2. The standard InChI is InChI=1S/C15H15N3O2/c1-20-12-4-2-3-10(7-12)9-16-11-5-6-13-14(8-11)18-15(19)17-13/h2-8,16H,9H2,1H3,(H2,17,18,19). The first-order chi connectivity index (χ1) is 9.74. The molecule has 1 aromatic heterocycles. The van der Waals surface area contributed by atoms with Gasteiger partial charge in [0.2, 0.25) is 0 Å². The Labute approximate surface area is 115 Å². The number of H-pyrrole nitrogens is 2. The molecule has 0 amide bonds. The summed E-state index contributed by atoms with van der Waals surface area (Å²) in [6.45, 7) is 0.692. The number of ether oxygens (including phenoxy) is 1. The van der Waals surface area contributed by atoms with Crippen molar-refractivity contribution in [3.05, 3.63) is 58.5 Å². The van der Waals surface area contributed by atoms with E-state index in [9.17, 15) is 4.79 Å². The minimum atomic E-state index is -0.190. The molecule has 0 aliphatic rings. The van der Waals surface area contributed by atoms with Crippen LogP contribution in [0.3, 0.4) is 0 Å². The highest BCUT2D eigenvalue weighted by Gasteiger charge is 2.00. The van der Waals surface area contributed by atoms with Crippen molar-refractivity contribution in [2.75, 3.05) is 12.4 Å². The van der Waals surface area contributed by atoms with Gasteiger partial charge in [-0.3, -0.25) is 0 Å². The minimum Gasteiger partial charge on any atom is -0.497 e. The average molecular weight is 269 g/mol. The van der Waals surface area contributed by atoms with Gasteiger partial charge in [-0.15, -0.1) is 0 Å². The molecule has 3 N–H and O–H groups in total. The Morgan fingerprint density at radius 1 is 1.10 bits per heavy atom. The van der Waals surface area contributed by atoms with Crippen molar-refractivity contribution in [1.29, 1.82) is 0 Å². The Bertz CT molecular complexity index is 789. The van der Waals surface area contributed by atoms with Crippen molar-refractivity contribution in [3.63, 3.8) is 0 Å². The Morgan fingerprint density at radius 3 is 2.80 bits per heavy atom. The van der Waals surface area contributed by atoms with Gasteiger partial charge >= 0.3 is 5.69 Å². The van der Waals surface area contributed by atoms with E-state index in [-0.39, 0.29) is 5.69 Å². The van der Waals surface area contributed by atoms with Crippen LogP contribution >= 0.6 is 0 Å². The highest BCUT2D eigenvalue weighted by Crippen LogP contribution is 2.17. The van der Waals surface area contributed by atoms with Gasteiger partial charge in [-0.05, 0) is 35.9 Å². The molecule has 0 spiro atoms. The first-order valence-electron chi connectivity index (χ1n) is 6.33. The smallest absolute Gasteiger partial charge is 0.323 e. The fourth-order valence-corrected chi connectivity index (χ4v) is 2.13. The molecule has 1 heterocycles. The second kappa shape index (κ2) is 5.13. The van der Waals surface area contributed by atoms with Gasteiger partial charge in [0.05, 0.1) is 18.1 Å². The van der Waals surface area contributed by atoms with Crippen LogP contribution in [0.25, 0.3) is 11.0 Å². The lowest BCUT2D eigenvalue weighted by molar-refractivity contribution is 0.414. The average Bonchev–Trinajstić information content (AvgIpc) is 2.84. The molecule has 0 saturated carbocycles. The van der Waals surface area contributed by atoms with E-state index >= 15 is 0 Å². The molecule has 0 radical (unpaired) electrons. The quantitative estimate of drug-likeness (QED) is 0.681. The van der Waals surface area contributed by atoms with Gasteiger partial charge in [0.15, 0.2) is 0 Å². The second-order valence-corrected chi connectivity index (χ2v) is 4.54. The normalized spacial score (nSPS) is 10.7. The lowest BCUT2D eigenvalue weighted by Crippen LogP contribution is -2.00. The summed E-state index contributed by atoms with van der Waals surface area (Å²) in [7, 11) is 1.66. The van der Waals surface area contributed by atoms with Crippen LogP contribution in [0.15, 0.2) is 47.3 Å². The highest BCUT2D eigenvalue weighted by atomic mass is 16.5. The zero-order chi connectivity index (χ0) is 13.9. The molecule has 20 heavy (non-hydrogen) atoms. The molecule has 0 aliphatic heterocycles. The fraction of sp³-hybridized carbons (Fsp3) is 0.133. The largest absolute Gasteiger partial charge is 0.497 e. The van der Waals surface area contributed by atoms with Crippen LogP contribution in [0.2, 0.25) is 0 Å². The predicted molar refractivity (Wildman–Crippen MR) is 79.2 cm³/mol. The molecule has 3 aromatic rings. The van der Waals surface area contributed by atoms with Gasteiger partial charge in [0.25, 0.3) is 0 Å². The maximum absolute atomic E-state index is 11.2. The number of imidazole rings is 1. The number of fused-ring (bicyclic) bond motifs is 1. The van der Waals surface area contributed by atoms with Crippen LogP contribution in [-0.2, 0) is 6.54 Å². The van der Waals surface area contributed by atoms with Crippen LogP contribution in [0.4, 0.5) is 5.69 Å². The van der Waals surface area contributed by atoms with Crippen LogP contribution in [0.5, 0.6) is 5.75 Å². The van der Waals surface area contributed by atoms with E-state index in [4.69, 9.17) is 4.74 Å². The van der Waals surface area contributed by atoms with Crippen molar-refractivity contribution in [3.8, 4) is 5.75 Å². The highest BCUT2D eigenvalue weighted by molar-refractivity contribution is 5.78. The lowest BCUT2D eigenvalue weighted by atomic mass is 10.2. The molecule has 0 fully saturated rings. The predicted octanol–water partition coefficient (Wildman–Crippen LogP) is 2.48. The van der Waals surface area contributed by atoms with Crippen molar-refractivity contribution in [2.24, 2.45) is 0 Å². The second-order valence-electron chi connectivity index (χ2n) is 4.54. The van der Waals surface area contributed by atoms with Crippen molar-refractivity contribution >= 4 is 16.7 Å². The maximum atomic E-state index is 11.2. The van der Waals surface area contributed by atoms with Crippen LogP contribution < -0.4 is 15.7 Å². The number of methoxy groups -OCH3 is 1. The zero-order valence-electron chi connectivity index (χ0n) is 11.1. The van der Waals surface area contributed by atoms with Crippen molar-refractivity contribution in [1.82, 2.24) is 9.97 Å². The SMILES string of the molecule is COc1cccc(CNc2ccc3[nH]c(=O)[nH]c3c2)c1. The van der Waals surface area contributed by atoms with Crippen LogP contribution in [0, 0.1) is 0 Å². The van der Waals surface area contributed by atoms with Gasteiger partial charge in [-0.25, -0.2) is 4.79 Å². The Balaban J connectivity index is 1.77. The molecular weight excluding hydrogens is 254 g/mol. The van der Waals surface area contributed by atoms with E-state index in [0.717, 1.165) is 28.0 Å².